The van der Waals surface area contributed by atoms with Crippen LogP contribution in [-0.4, -0.2) is 25.4 Å². The zero-order valence-electron chi connectivity index (χ0n) is 11.6. The number of hydrogen-bond donors (Lipinski definition) is 1. The van der Waals surface area contributed by atoms with Gasteiger partial charge < -0.3 is 5.11 Å². The fourth-order valence-corrected chi connectivity index (χ4v) is 2.68. The summed E-state index contributed by atoms with van der Waals surface area (Å²) in [6, 6.07) is 5.06. The van der Waals surface area contributed by atoms with Crippen molar-refractivity contribution < 1.29 is 14.3 Å². The Morgan fingerprint density at radius 1 is 1.45 bits per heavy atom. The topological polar surface area (TPSA) is 77.1 Å². The fourth-order valence-electron chi connectivity index (χ4n) is 2.68. The van der Waals surface area contributed by atoms with Gasteiger partial charge in [-0.25, -0.2) is 18.7 Å². The van der Waals surface area contributed by atoms with Crippen molar-refractivity contribution in [3.8, 4) is 0 Å². The normalized spacial score (nSPS) is 16.7. The van der Waals surface area contributed by atoms with E-state index >= 15 is 0 Å². The van der Waals surface area contributed by atoms with Gasteiger partial charge in [-0.15, -0.1) is 12.4 Å². The number of carboxylic acids is 1. The first-order chi connectivity index (χ1) is 10.1. The number of carbonyl (C=O) groups is 1. The Balaban J connectivity index is 0.00000176. The van der Waals surface area contributed by atoms with Gasteiger partial charge in [0.1, 0.15) is 17.7 Å². The molecule has 0 saturated carbocycles. The van der Waals surface area contributed by atoms with Crippen LogP contribution >= 0.6 is 12.4 Å². The van der Waals surface area contributed by atoms with Crippen LogP contribution in [0.4, 0.5) is 4.39 Å². The van der Waals surface area contributed by atoms with E-state index in [1.165, 1.54) is 21.4 Å². The third kappa shape index (κ3) is 2.89. The summed E-state index contributed by atoms with van der Waals surface area (Å²) in [4.78, 5) is 23.6. The van der Waals surface area contributed by atoms with E-state index in [2.05, 4.69) is 5.10 Å². The van der Waals surface area contributed by atoms with Crippen LogP contribution in [0.3, 0.4) is 0 Å². The molecule has 22 heavy (non-hydrogen) atoms. The molecule has 0 radical (unpaired) electrons. The molecule has 0 bridgehead atoms. The standard InChI is InChI=1S/C14H14FN3O3.ClH/c15-10-4-1-3-9(7-10)8-17-14(21)18-11(13(19)20)5-2-6-12(18)16-17;/h1,3-4,7,11H,2,5-6,8H2,(H,19,20);1H. The molecule has 0 fully saturated rings. The highest BCUT2D eigenvalue weighted by Gasteiger charge is 2.30. The lowest BCUT2D eigenvalue weighted by Crippen LogP contribution is -2.34. The minimum atomic E-state index is -1.02. The second kappa shape index (κ2) is 6.31. The predicted molar refractivity (Wildman–Crippen MR) is 78.8 cm³/mol. The number of rotatable bonds is 3. The summed E-state index contributed by atoms with van der Waals surface area (Å²) in [7, 11) is 0. The summed E-state index contributed by atoms with van der Waals surface area (Å²) in [6.45, 7) is 0.128. The van der Waals surface area contributed by atoms with Gasteiger partial charge in [0.2, 0.25) is 0 Å². The lowest BCUT2D eigenvalue weighted by molar-refractivity contribution is -0.141. The van der Waals surface area contributed by atoms with Gasteiger partial charge in [-0.2, -0.15) is 5.10 Å². The molecule has 1 unspecified atom stereocenters. The highest BCUT2D eigenvalue weighted by molar-refractivity contribution is 5.85. The monoisotopic (exact) mass is 327 g/mol. The number of benzene rings is 1. The molecule has 1 aromatic heterocycles. The summed E-state index contributed by atoms with van der Waals surface area (Å²) in [5, 5.41) is 13.4. The predicted octanol–water partition coefficient (Wildman–Crippen LogP) is 1.62. The van der Waals surface area contributed by atoms with Crippen LogP contribution in [0, 0.1) is 5.82 Å². The van der Waals surface area contributed by atoms with E-state index in [1.54, 1.807) is 12.1 Å². The number of carboxylic acid groups (broad SMARTS) is 1. The Bertz CT molecular complexity index is 756. The Labute approximate surface area is 131 Å². The van der Waals surface area contributed by atoms with Gasteiger partial charge in [-0.05, 0) is 30.5 Å². The van der Waals surface area contributed by atoms with Crippen molar-refractivity contribution in [2.75, 3.05) is 0 Å². The molecule has 1 N–H and O–H groups in total. The second-order valence-corrected chi connectivity index (χ2v) is 5.10. The number of aryl methyl sites for hydroxylation is 1. The number of halogens is 2. The first-order valence-electron chi connectivity index (χ1n) is 6.72. The molecule has 2 heterocycles. The molecule has 3 rings (SSSR count). The lowest BCUT2D eigenvalue weighted by Gasteiger charge is -2.19. The van der Waals surface area contributed by atoms with Crippen molar-refractivity contribution in [3.05, 3.63) is 52.0 Å². The van der Waals surface area contributed by atoms with Crippen LogP contribution in [0.5, 0.6) is 0 Å². The SMILES string of the molecule is Cl.O=C(O)C1CCCc2nn(Cc3cccc(F)c3)c(=O)n21. The number of fused-ring (bicyclic) bond motifs is 1. The smallest absolute Gasteiger partial charge is 0.347 e. The fraction of sp³-hybridized carbons (Fsp3) is 0.357. The van der Waals surface area contributed by atoms with E-state index in [4.69, 9.17) is 0 Å². The van der Waals surface area contributed by atoms with Crippen molar-refractivity contribution in [1.82, 2.24) is 14.3 Å². The first kappa shape index (κ1) is 16.2. The Hall–Kier alpha value is -2.15. The van der Waals surface area contributed by atoms with Crippen LogP contribution in [0.15, 0.2) is 29.1 Å². The summed E-state index contributed by atoms with van der Waals surface area (Å²) < 4.78 is 15.6. The van der Waals surface area contributed by atoms with Crippen LogP contribution in [-0.2, 0) is 17.8 Å². The first-order valence-corrected chi connectivity index (χ1v) is 6.72. The van der Waals surface area contributed by atoms with Crippen molar-refractivity contribution in [2.24, 2.45) is 0 Å². The van der Waals surface area contributed by atoms with E-state index in [9.17, 15) is 19.1 Å². The third-order valence-corrected chi connectivity index (χ3v) is 3.64. The minimum Gasteiger partial charge on any atom is -0.480 e. The Kier molecular flexibility index (Phi) is 4.65. The molecule has 2 aromatic rings. The number of aliphatic carboxylic acids is 1. The summed E-state index contributed by atoms with van der Waals surface area (Å²) in [5.74, 6) is -0.925. The Morgan fingerprint density at radius 3 is 2.91 bits per heavy atom. The third-order valence-electron chi connectivity index (χ3n) is 3.64. The number of aromatic nitrogens is 3. The van der Waals surface area contributed by atoms with Crippen molar-refractivity contribution in [3.63, 3.8) is 0 Å². The van der Waals surface area contributed by atoms with Crippen LogP contribution in [0.2, 0.25) is 0 Å². The van der Waals surface area contributed by atoms with Gasteiger partial charge in [-0.1, -0.05) is 12.1 Å². The highest BCUT2D eigenvalue weighted by Crippen LogP contribution is 2.21. The van der Waals surface area contributed by atoms with Gasteiger partial charge in [0.05, 0.1) is 6.54 Å². The molecule has 6 nitrogen and oxygen atoms in total. The maximum Gasteiger partial charge on any atom is 0.347 e. The highest BCUT2D eigenvalue weighted by atomic mass is 35.5. The number of hydrogen-bond acceptors (Lipinski definition) is 3. The largest absolute Gasteiger partial charge is 0.480 e. The quantitative estimate of drug-likeness (QED) is 0.929. The molecule has 8 heteroatoms. The molecule has 1 aliphatic heterocycles. The van der Waals surface area contributed by atoms with E-state index in [0.717, 1.165) is 0 Å². The van der Waals surface area contributed by atoms with E-state index in [1.807, 2.05) is 0 Å². The Morgan fingerprint density at radius 2 is 2.23 bits per heavy atom. The molecule has 1 atom stereocenters. The molecule has 118 valence electrons. The van der Waals surface area contributed by atoms with Gasteiger partial charge in [0.15, 0.2) is 0 Å². The molecule has 0 spiro atoms. The zero-order valence-corrected chi connectivity index (χ0v) is 12.4. The van der Waals surface area contributed by atoms with Gasteiger partial charge in [0, 0.05) is 6.42 Å². The summed E-state index contributed by atoms with van der Waals surface area (Å²) in [5.41, 5.74) is 0.154. The summed E-state index contributed by atoms with van der Waals surface area (Å²) in [6.07, 6.45) is 1.69. The molecular formula is C14H15ClFN3O3. The van der Waals surface area contributed by atoms with E-state index in [0.29, 0.717) is 30.7 Å². The molecule has 1 aromatic carbocycles. The molecule has 0 amide bonds. The van der Waals surface area contributed by atoms with Crippen LogP contribution in [0.1, 0.15) is 30.3 Å². The average Bonchev–Trinajstić information content (AvgIpc) is 2.75. The molecule has 0 saturated heterocycles. The van der Waals surface area contributed by atoms with E-state index in [-0.39, 0.29) is 24.8 Å². The lowest BCUT2D eigenvalue weighted by atomic mass is 10.1. The number of nitrogens with zero attached hydrogens (tertiary/aromatic N) is 3. The minimum absolute atomic E-state index is 0. The van der Waals surface area contributed by atoms with Gasteiger partial charge >= 0.3 is 11.7 Å². The van der Waals surface area contributed by atoms with Crippen molar-refractivity contribution in [1.29, 1.82) is 0 Å². The van der Waals surface area contributed by atoms with Gasteiger partial charge in [0.25, 0.3) is 0 Å². The molecule has 0 aliphatic carbocycles. The van der Waals surface area contributed by atoms with E-state index < -0.39 is 17.7 Å². The summed E-state index contributed by atoms with van der Waals surface area (Å²) >= 11 is 0. The zero-order chi connectivity index (χ0) is 15.0. The maximum absolute atomic E-state index is 13.2. The van der Waals surface area contributed by atoms with Gasteiger partial charge in [-0.3, -0.25) is 4.57 Å². The van der Waals surface area contributed by atoms with Crippen LogP contribution in [0.25, 0.3) is 0 Å². The molecular weight excluding hydrogens is 313 g/mol. The molecule has 1 aliphatic rings. The van der Waals surface area contributed by atoms with Crippen molar-refractivity contribution >= 4 is 18.4 Å². The van der Waals surface area contributed by atoms with Crippen LogP contribution < -0.4 is 5.69 Å². The second-order valence-electron chi connectivity index (χ2n) is 5.10. The maximum atomic E-state index is 13.2. The average molecular weight is 328 g/mol. The van der Waals surface area contributed by atoms with Crippen molar-refractivity contribution in [2.45, 2.75) is 31.8 Å².